The van der Waals surface area contributed by atoms with E-state index in [1.807, 2.05) is 6.92 Å². The molecule has 7 nitrogen and oxygen atoms in total. The number of primary amides is 1. The normalized spacial score (nSPS) is 16.3. The number of carbonyl (C=O) groups is 2. The van der Waals surface area contributed by atoms with Gasteiger partial charge in [-0.15, -0.1) is 0 Å². The molecule has 7 heteroatoms. The lowest BCUT2D eigenvalue weighted by molar-refractivity contribution is 0.0726. The van der Waals surface area contributed by atoms with E-state index in [1.165, 1.54) is 25.2 Å². The van der Waals surface area contributed by atoms with Crippen LogP contribution in [0.3, 0.4) is 0 Å². The molecule has 2 rings (SSSR count). The van der Waals surface area contributed by atoms with E-state index in [9.17, 15) is 9.59 Å². The summed E-state index contributed by atoms with van der Waals surface area (Å²) in [6.07, 6.45) is 5.00. The summed E-state index contributed by atoms with van der Waals surface area (Å²) in [5.41, 5.74) is 5.43. The van der Waals surface area contributed by atoms with Gasteiger partial charge in [-0.3, -0.25) is 9.59 Å². The number of nitrogens with two attached hydrogens (primary N) is 1. The van der Waals surface area contributed by atoms with Crippen LogP contribution in [0.15, 0.2) is 12.4 Å². The molecule has 1 aromatic rings. The summed E-state index contributed by atoms with van der Waals surface area (Å²) < 4.78 is 0. The maximum absolute atomic E-state index is 12.5. The van der Waals surface area contributed by atoms with Crippen molar-refractivity contribution in [1.29, 1.82) is 0 Å². The number of carbonyl (C=O) groups excluding carboxylic acids is 2. The number of likely N-dealkylation sites (N-methyl/N-ethyl adjacent to an activating group) is 1. The van der Waals surface area contributed by atoms with E-state index in [0.717, 1.165) is 25.6 Å². The Balaban J connectivity index is 1.91. The van der Waals surface area contributed by atoms with Gasteiger partial charge < -0.3 is 15.5 Å². The second-order valence-corrected chi connectivity index (χ2v) is 6.06. The molecule has 0 aliphatic carbocycles. The molecule has 0 saturated carbocycles. The van der Waals surface area contributed by atoms with Crippen molar-refractivity contribution < 1.29 is 9.59 Å². The molecule has 1 saturated heterocycles. The fraction of sp³-hybridized carbons (Fsp3) is 0.625. The van der Waals surface area contributed by atoms with Crippen LogP contribution in [0.1, 0.15) is 47.7 Å². The summed E-state index contributed by atoms with van der Waals surface area (Å²) in [6, 6.07) is 0. The van der Waals surface area contributed by atoms with Gasteiger partial charge in [-0.25, -0.2) is 9.97 Å². The third-order valence-corrected chi connectivity index (χ3v) is 4.35. The van der Waals surface area contributed by atoms with Gasteiger partial charge in [0.05, 0.1) is 12.4 Å². The highest BCUT2D eigenvalue weighted by molar-refractivity contribution is 5.93. The monoisotopic (exact) mass is 319 g/mol. The van der Waals surface area contributed by atoms with Crippen LogP contribution >= 0.6 is 0 Å². The van der Waals surface area contributed by atoms with E-state index >= 15 is 0 Å². The topological polar surface area (TPSA) is 92.4 Å². The largest absolute Gasteiger partial charge is 0.364 e. The van der Waals surface area contributed by atoms with Gasteiger partial charge in [-0.1, -0.05) is 6.92 Å². The number of hydrogen-bond donors (Lipinski definition) is 1. The zero-order valence-corrected chi connectivity index (χ0v) is 13.9. The Morgan fingerprint density at radius 2 is 1.87 bits per heavy atom. The van der Waals surface area contributed by atoms with Gasteiger partial charge in [0, 0.05) is 19.6 Å². The molecule has 1 aliphatic heterocycles. The summed E-state index contributed by atoms with van der Waals surface area (Å²) in [4.78, 5) is 35.5. The Hall–Kier alpha value is -2.02. The van der Waals surface area contributed by atoms with E-state index in [1.54, 1.807) is 4.90 Å². The number of aromatic nitrogens is 2. The van der Waals surface area contributed by atoms with Gasteiger partial charge in [0.25, 0.3) is 11.8 Å². The highest BCUT2D eigenvalue weighted by Crippen LogP contribution is 2.15. The van der Waals surface area contributed by atoms with Crippen LogP contribution in [-0.2, 0) is 0 Å². The average molecular weight is 319 g/mol. The molecule has 2 heterocycles. The van der Waals surface area contributed by atoms with Crippen molar-refractivity contribution in [1.82, 2.24) is 19.8 Å². The Morgan fingerprint density at radius 3 is 2.39 bits per heavy atom. The summed E-state index contributed by atoms with van der Waals surface area (Å²) in [7, 11) is 0. The molecule has 0 atom stereocenters. The number of rotatable bonds is 6. The smallest absolute Gasteiger partial charge is 0.274 e. The number of nitrogens with zero attached hydrogens (tertiary/aromatic N) is 4. The molecule has 0 radical (unpaired) electrons. The minimum Gasteiger partial charge on any atom is -0.364 e. The minimum absolute atomic E-state index is 0.0621. The van der Waals surface area contributed by atoms with Crippen molar-refractivity contribution in [2.75, 3.05) is 32.7 Å². The first-order valence-electron chi connectivity index (χ1n) is 8.14. The lowest BCUT2D eigenvalue weighted by Gasteiger charge is -2.32. The van der Waals surface area contributed by atoms with Crippen LogP contribution in [0.2, 0.25) is 0 Å². The van der Waals surface area contributed by atoms with Crippen molar-refractivity contribution in [3.05, 3.63) is 23.8 Å². The van der Waals surface area contributed by atoms with E-state index in [4.69, 9.17) is 5.73 Å². The van der Waals surface area contributed by atoms with E-state index in [2.05, 4.69) is 21.8 Å². The number of likely N-dealkylation sites (tertiary alicyclic amines) is 1. The van der Waals surface area contributed by atoms with Crippen molar-refractivity contribution in [2.45, 2.75) is 26.7 Å². The lowest BCUT2D eigenvalue weighted by Crippen LogP contribution is -2.41. The highest BCUT2D eigenvalue weighted by atomic mass is 16.2. The average Bonchev–Trinajstić information content (AvgIpc) is 2.57. The lowest BCUT2D eigenvalue weighted by atomic mass is 9.99. The Labute approximate surface area is 136 Å². The summed E-state index contributed by atoms with van der Waals surface area (Å²) in [6.45, 7) is 8.58. The Kier molecular flexibility index (Phi) is 6.04. The fourth-order valence-electron chi connectivity index (χ4n) is 2.68. The van der Waals surface area contributed by atoms with Crippen LogP contribution in [0, 0.1) is 5.92 Å². The summed E-state index contributed by atoms with van der Waals surface area (Å²) in [5.74, 6) is -0.0150. The molecule has 1 fully saturated rings. The predicted octanol–water partition coefficient (Wildman–Crippen LogP) is 0.770. The van der Waals surface area contributed by atoms with Crippen molar-refractivity contribution in [3.8, 4) is 0 Å². The molecule has 1 aliphatic rings. The van der Waals surface area contributed by atoms with Crippen LogP contribution < -0.4 is 5.73 Å². The number of piperidine rings is 1. The van der Waals surface area contributed by atoms with Crippen molar-refractivity contribution >= 4 is 11.8 Å². The van der Waals surface area contributed by atoms with Gasteiger partial charge in [0.2, 0.25) is 0 Å². The van der Waals surface area contributed by atoms with E-state index in [0.29, 0.717) is 13.1 Å². The zero-order valence-electron chi connectivity index (χ0n) is 13.9. The van der Waals surface area contributed by atoms with E-state index in [-0.39, 0.29) is 17.3 Å². The minimum atomic E-state index is -0.650. The molecule has 0 spiro atoms. The maximum Gasteiger partial charge on any atom is 0.274 e. The Bertz CT molecular complexity index is 538. The summed E-state index contributed by atoms with van der Waals surface area (Å²) in [5, 5.41) is 0. The van der Waals surface area contributed by atoms with Crippen LogP contribution in [-0.4, -0.2) is 64.3 Å². The maximum atomic E-state index is 12.5. The van der Waals surface area contributed by atoms with Crippen molar-refractivity contribution in [3.63, 3.8) is 0 Å². The molecule has 2 amide bonds. The molecule has 0 bridgehead atoms. The first-order chi connectivity index (χ1) is 11.0. The molecular formula is C16H25N5O2. The van der Waals surface area contributed by atoms with Gasteiger partial charge >= 0.3 is 0 Å². The van der Waals surface area contributed by atoms with Gasteiger partial charge in [-0.05, 0) is 38.8 Å². The first-order valence-corrected chi connectivity index (χ1v) is 8.14. The molecule has 1 aromatic heterocycles. The Morgan fingerprint density at radius 1 is 1.26 bits per heavy atom. The molecule has 0 unspecified atom stereocenters. The molecule has 2 N–H and O–H groups in total. The highest BCUT2D eigenvalue weighted by Gasteiger charge is 2.20. The first kappa shape index (κ1) is 17.3. The molecular weight excluding hydrogens is 294 g/mol. The van der Waals surface area contributed by atoms with Crippen molar-refractivity contribution in [2.24, 2.45) is 11.7 Å². The second-order valence-electron chi connectivity index (χ2n) is 6.06. The van der Waals surface area contributed by atoms with Crippen LogP contribution in [0.25, 0.3) is 0 Å². The van der Waals surface area contributed by atoms with Crippen LogP contribution in [0.5, 0.6) is 0 Å². The van der Waals surface area contributed by atoms with Gasteiger partial charge in [-0.2, -0.15) is 0 Å². The third kappa shape index (κ3) is 4.72. The quantitative estimate of drug-likeness (QED) is 0.836. The predicted molar refractivity (Wildman–Crippen MR) is 87.0 cm³/mol. The van der Waals surface area contributed by atoms with Gasteiger partial charge in [0.15, 0.2) is 0 Å². The zero-order chi connectivity index (χ0) is 16.8. The number of hydrogen-bond acceptors (Lipinski definition) is 5. The molecule has 0 aromatic carbocycles. The molecule has 126 valence electrons. The fourth-order valence-corrected chi connectivity index (χ4v) is 2.68. The second kappa shape index (κ2) is 8.01. The van der Waals surface area contributed by atoms with Crippen LogP contribution in [0.4, 0.5) is 0 Å². The van der Waals surface area contributed by atoms with Gasteiger partial charge in [0.1, 0.15) is 11.4 Å². The van der Waals surface area contributed by atoms with E-state index < -0.39 is 5.91 Å². The molecule has 23 heavy (non-hydrogen) atoms. The third-order valence-electron chi connectivity index (χ3n) is 4.35. The number of amides is 2. The summed E-state index contributed by atoms with van der Waals surface area (Å²) >= 11 is 0. The standard InChI is InChI=1S/C16H25N5O2/c1-3-21(9-8-20-6-4-12(2)5-7-20)16(23)14-11-18-13(10-19-14)15(17)22/h10-12H,3-9H2,1-2H3,(H2,17,22). The SMILES string of the molecule is CCN(CCN1CCC(C)CC1)C(=O)c1cnc(C(N)=O)cn1.